The molecule has 2 amide bonds. The third-order valence-electron chi connectivity index (χ3n) is 4.46. The molecule has 0 saturated carbocycles. The molecular formula is C20H22N2O3. The van der Waals surface area contributed by atoms with Crippen LogP contribution in [0.5, 0.6) is 5.75 Å². The summed E-state index contributed by atoms with van der Waals surface area (Å²) in [5, 5.41) is 2.80. The van der Waals surface area contributed by atoms with Crippen molar-refractivity contribution in [1.29, 1.82) is 0 Å². The summed E-state index contributed by atoms with van der Waals surface area (Å²) in [6.07, 6.45) is 1.18. The molecule has 2 aromatic rings. The van der Waals surface area contributed by atoms with E-state index in [0.717, 1.165) is 13.0 Å². The number of ether oxygens (including phenoxy) is 1. The van der Waals surface area contributed by atoms with E-state index in [2.05, 4.69) is 17.4 Å². The lowest BCUT2D eigenvalue weighted by atomic mass is 10.00. The van der Waals surface area contributed by atoms with Crippen LogP contribution in [0.3, 0.4) is 0 Å². The third-order valence-corrected chi connectivity index (χ3v) is 4.46. The molecule has 3 rings (SSSR count). The number of methoxy groups -OCH3 is 1. The normalized spacial score (nSPS) is 13.1. The van der Waals surface area contributed by atoms with Crippen molar-refractivity contribution >= 4 is 11.8 Å². The number of nitrogens with one attached hydrogen (secondary N) is 1. The van der Waals surface area contributed by atoms with Crippen molar-refractivity contribution in [2.24, 2.45) is 0 Å². The summed E-state index contributed by atoms with van der Waals surface area (Å²) in [6.45, 7) is 1.69. The van der Waals surface area contributed by atoms with Crippen LogP contribution in [0.2, 0.25) is 0 Å². The van der Waals surface area contributed by atoms with Crippen LogP contribution in [-0.2, 0) is 17.8 Å². The minimum absolute atomic E-state index is 0.0647. The second kappa shape index (κ2) is 7.83. The lowest BCUT2D eigenvalue weighted by Gasteiger charge is -2.29. The van der Waals surface area contributed by atoms with E-state index < -0.39 is 0 Å². The number of para-hydroxylation sites is 1. The number of fused-ring (bicyclic) bond motifs is 1. The van der Waals surface area contributed by atoms with Gasteiger partial charge in [0.1, 0.15) is 5.75 Å². The Hall–Kier alpha value is -2.82. The molecule has 0 spiro atoms. The number of rotatable bonds is 5. The summed E-state index contributed by atoms with van der Waals surface area (Å²) in [6, 6.07) is 15.3. The highest BCUT2D eigenvalue weighted by atomic mass is 16.5. The molecule has 0 saturated heterocycles. The molecular weight excluding hydrogens is 316 g/mol. The third kappa shape index (κ3) is 3.99. The quantitative estimate of drug-likeness (QED) is 0.911. The lowest BCUT2D eigenvalue weighted by molar-refractivity contribution is -0.131. The van der Waals surface area contributed by atoms with Crippen LogP contribution < -0.4 is 10.1 Å². The predicted molar refractivity (Wildman–Crippen MR) is 95.5 cm³/mol. The zero-order valence-electron chi connectivity index (χ0n) is 14.3. The predicted octanol–water partition coefficient (Wildman–Crippen LogP) is 2.40. The molecule has 5 nitrogen and oxygen atoms in total. The highest BCUT2D eigenvalue weighted by molar-refractivity contribution is 5.97. The highest BCUT2D eigenvalue weighted by Crippen LogP contribution is 2.19. The maximum atomic E-state index is 12.4. The Morgan fingerprint density at radius 2 is 1.80 bits per heavy atom. The number of hydrogen-bond acceptors (Lipinski definition) is 3. The van der Waals surface area contributed by atoms with Gasteiger partial charge in [-0.15, -0.1) is 0 Å². The van der Waals surface area contributed by atoms with Crippen LogP contribution in [-0.4, -0.2) is 36.9 Å². The van der Waals surface area contributed by atoms with Gasteiger partial charge in [-0.05, 0) is 29.7 Å². The maximum absolute atomic E-state index is 12.4. The monoisotopic (exact) mass is 338 g/mol. The number of carbonyl (C=O) groups excluding carboxylic acids is 2. The molecule has 5 heteroatoms. The van der Waals surface area contributed by atoms with E-state index in [0.29, 0.717) is 30.8 Å². The number of carbonyl (C=O) groups is 2. The summed E-state index contributed by atoms with van der Waals surface area (Å²) >= 11 is 0. The molecule has 1 heterocycles. The van der Waals surface area contributed by atoms with Crippen LogP contribution in [0.1, 0.15) is 27.9 Å². The summed E-state index contributed by atoms with van der Waals surface area (Å²) in [5.41, 5.74) is 3.00. The van der Waals surface area contributed by atoms with E-state index in [1.807, 2.05) is 23.1 Å². The maximum Gasteiger partial charge on any atom is 0.255 e. The molecule has 2 aromatic carbocycles. The first-order valence-corrected chi connectivity index (χ1v) is 8.45. The van der Waals surface area contributed by atoms with Crippen molar-refractivity contribution in [1.82, 2.24) is 10.2 Å². The fourth-order valence-electron chi connectivity index (χ4n) is 3.08. The zero-order valence-corrected chi connectivity index (χ0v) is 14.3. The Labute approximate surface area is 147 Å². The van der Waals surface area contributed by atoms with E-state index in [1.54, 1.807) is 18.2 Å². The van der Waals surface area contributed by atoms with E-state index in [-0.39, 0.29) is 11.8 Å². The van der Waals surface area contributed by atoms with Gasteiger partial charge in [0.25, 0.3) is 5.91 Å². The molecule has 0 atom stereocenters. The van der Waals surface area contributed by atoms with Gasteiger partial charge in [-0.25, -0.2) is 0 Å². The van der Waals surface area contributed by atoms with Gasteiger partial charge in [0.2, 0.25) is 5.91 Å². The molecule has 1 N–H and O–H groups in total. The molecule has 0 aromatic heterocycles. The topological polar surface area (TPSA) is 58.6 Å². The first-order valence-electron chi connectivity index (χ1n) is 8.45. The van der Waals surface area contributed by atoms with Crippen molar-refractivity contribution in [3.8, 4) is 5.75 Å². The number of hydrogen-bond donors (Lipinski definition) is 1. The van der Waals surface area contributed by atoms with Gasteiger partial charge in [0.05, 0.1) is 12.7 Å². The van der Waals surface area contributed by atoms with Gasteiger partial charge in [0, 0.05) is 26.1 Å². The fraction of sp³-hybridized carbons (Fsp3) is 0.300. The Morgan fingerprint density at radius 1 is 1.08 bits per heavy atom. The molecule has 0 unspecified atom stereocenters. The Bertz CT molecular complexity index is 773. The van der Waals surface area contributed by atoms with E-state index in [9.17, 15) is 9.59 Å². The largest absolute Gasteiger partial charge is 0.496 e. The molecule has 0 fully saturated rings. The molecule has 130 valence electrons. The summed E-state index contributed by atoms with van der Waals surface area (Å²) in [7, 11) is 1.53. The SMILES string of the molecule is COc1ccccc1C(=O)NCCC(=O)N1CCc2ccccc2C1. The smallest absolute Gasteiger partial charge is 0.255 e. The molecule has 0 aliphatic carbocycles. The van der Waals surface area contributed by atoms with Crippen LogP contribution in [0.25, 0.3) is 0 Å². The van der Waals surface area contributed by atoms with Crippen LogP contribution >= 0.6 is 0 Å². The second-order valence-electron chi connectivity index (χ2n) is 6.04. The van der Waals surface area contributed by atoms with E-state index in [4.69, 9.17) is 4.74 Å². The molecule has 1 aliphatic rings. The fourth-order valence-corrected chi connectivity index (χ4v) is 3.08. The standard InChI is InChI=1S/C20H22N2O3/c1-25-18-9-5-4-8-17(18)20(24)21-12-10-19(23)22-13-11-15-6-2-3-7-16(15)14-22/h2-9H,10-14H2,1H3,(H,21,24). The Kier molecular flexibility index (Phi) is 5.33. The average molecular weight is 338 g/mol. The second-order valence-corrected chi connectivity index (χ2v) is 6.04. The van der Waals surface area contributed by atoms with Gasteiger partial charge < -0.3 is 15.0 Å². The van der Waals surface area contributed by atoms with Crippen molar-refractivity contribution in [2.45, 2.75) is 19.4 Å². The zero-order chi connectivity index (χ0) is 17.6. The van der Waals surface area contributed by atoms with Crippen LogP contribution in [0.15, 0.2) is 48.5 Å². The number of nitrogens with zero attached hydrogens (tertiary/aromatic N) is 1. The van der Waals surface area contributed by atoms with Crippen LogP contribution in [0.4, 0.5) is 0 Å². The summed E-state index contributed by atoms with van der Waals surface area (Å²) in [4.78, 5) is 26.5. The summed E-state index contributed by atoms with van der Waals surface area (Å²) < 4.78 is 5.19. The average Bonchev–Trinajstić information content (AvgIpc) is 2.67. The molecule has 0 bridgehead atoms. The van der Waals surface area contributed by atoms with Crippen molar-refractivity contribution in [3.63, 3.8) is 0 Å². The van der Waals surface area contributed by atoms with Gasteiger partial charge >= 0.3 is 0 Å². The van der Waals surface area contributed by atoms with Crippen molar-refractivity contribution < 1.29 is 14.3 Å². The van der Waals surface area contributed by atoms with E-state index in [1.165, 1.54) is 18.2 Å². The van der Waals surface area contributed by atoms with Crippen LogP contribution in [0, 0.1) is 0 Å². The van der Waals surface area contributed by atoms with Gasteiger partial charge in [-0.2, -0.15) is 0 Å². The van der Waals surface area contributed by atoms with Gasteiger partial charge in [-0.1, -0.05) is 36.4 Å². The summed E-state index contributed by atoms with van der Waals surface area (Å²) in [5.74, 6) is 0.364. The first kappa shape index (κ1) is 17.0. The number of benzene rings is 2. The molecule has 1 aliphatic heterocycles. The molecule has 0 radical (unpaired) electrons. The first-order chi connectivity index (χ1) is 12.2. The minimum atomic E-state index is -0.228. The van der Waals surface area contributed by atoms with Crippen molar-refractivity contribution in [2.75, 3.05) is 20.2 Å². The Balaban J connectivity index is 1.51. The Morgan fingerprint density at radius 3 is 2.60 bits per heavy atom. The minimum Gasteiger partial charge on any atom is -0.496 e. The van der Waals surface area contributed by atoms with Gasteiger partial charge in [0.15, 0.2) is 0 Å². The lowest BCUT2D eigenvalue weighted by Crippen LogP contribution is -2.38. The number of amides is 2. The van der Waals surface area contributed by atoms with Gasteiger partial charge in [-0.3, -0.25) is 9.59 Å². The van der Waals surface area contributed by atoms with Crippen molar-refractivity contribution in [3.05, 3.63) is 65.2 Å². The van der Waals surface area contributed by atoms with E-state index >= 15 is 0 Å². The highest BCUT2D eigenvalue weighted by Gasteiger charge is 2.20. The molecule has 25 heavy (non-hydrogen) atoms.